The molecule has 2 N–H and O–H groups in total. The molecular weight excluding hydrogens is 496 g/mol. The van der Waals surface area contributed by atoms with Gasteiger partial charge in [-0.15, -0.1) is 0 Å². The number of likely N-dealkylation sites (tertiary alicyclic amines) is 1. The number of piperidine rings is 1. The van der Waals surface area contributed by atoms with Gasteiger partial charge in [-0.3, -0.25) is 9.59 Å². The largest absolute Gasteiger partial charge is 0.497 e. The van der Waals surface area contributed by atoms with Gasteiger partial charge in [0.2, 0.25) is 5.91 Å². The number of ether oxygens (including phenoxy) is 3. The summed E-state index contributed by atoms with van der Waals surface area (Å²) in [7, 11) is -0.796. The van der Waals surface area contributed by atoms with Crippen LogP contribution in [-0.2, 0) is 19.4 Å². The number of hydrogen-bond acceptors (Lipinski definition) is 8. The van der Waals surface area contributed by atoms with Crippen LogP contribution in [0, 0.1) is 0 Å². The quantitative estimate of drug-likeness (QED) is 0.291. The Bertz CT molecular complexity index is 1140. The van der Waals surface area contributed by atoms with E-state index in [1.54, 1.807) is 50.6 Å². The topological polar surface area (TPSA) is 125 Å². The number of rotatable bonds is 14. The zero-order chi connectivity index (χ0) is 26.9. The lowest BCUT2D eigenvalue weighted by Crippen LogP contribution is -2.57. The number of Topliss-reactive ketones (excluding diaryl/α,β-unsaturated/α-hetero) is 1. The third-order valence-electron chi connectivity index (χ3n) is 6.85. The normalized spacial score (nSPS) is 15.7. The van der Waals surface area contributed by atoms with E-state index in [2.05, 4.69) is 4.90 Å². The van der Waals surface area contributed by atoms with Crippen LogP contribution in [0.3, 0.4) is 0 Å². The second-order valence-corrected chi connectivity index (χ2v) is 11.4. The van der Waals surface area contributed by atoms with Crippen LogP contribution >= 0.6 is 0 Å². The number of nitrogens with two attached hydrogens (primary N) is 1. The van der Waals surface area contributed by atoms with Gasteiger partial charge in [0.15, 0.2) is 20.4 Å². The minimum Gasteiger partial charge on any atom is -0.497 e. The Morgan fingerprint density at radius 2 is 1.54 bits per heavy atom. The molecule has 0 saturated carbocycles. The molecule has 0 atom stereocenters. The number of hydrogen-bond donors (Lipinski definition) is 1. The lowest BCUT2D eigenvalue weighted by molar-refractivity contribution is -0.121. The van der Waals surface area contributed by atoms with Crippen molar-refractivity contribution in [1.82, 2.24) is 4.90 Å². The number of sulfone groups is 1. The molecule has 0 bridgehead atoms. The van der Waals surface area contributed by atoms with Gasteiger partial charge in [0, 0.05) is 38.7 Å². The third-order valence-corrected chi connectivity index (χ3v) is 9.38. The van der Waals surface area contributed by atoms with E-state index >= 15 is 0 Å². The highest BCUT2D eigenvalue weighted by atomic mass is 32.2. The smallest absolute Gasteiger partial charge is 0.239 e. The average molecular weight is 533 g/mol. The van der Waals surface area contributed by atoms with Crippen molar-refractivity contribution >= 4 is 21.5 Å². The Labute approximate surface area is 218 Å². The van der Waals surface area contributed by atoms with Gasteiger partial charge in [-0.1, -0.05) is 0 Å². The molecule has 202 valence electrons. The van der Waals surface area contributed by atoms with E-state index < -0.39 is 20.5 Å². The maximum Gasteiger partial charge on any atom is 0.239 e. The molecule has 1 aliphatic heterocycles. The Morgan fingerprint density at radius 3 is 2.11 bits per heavy atom. The Balaban J connectivity index is 1.51. The lowest BCUT2D eigenvalue weighted by Gasteiger charge is -2.38. The van der Waals surface area contributed by atoms with Crippen molar-refractivity contribution in [3.8, 4) is 11.5 Å². The molecule has 1 heterocycles. The van der Waals surface area contributed by atoms with Crippen molar-refractivity contribution in [1.29, 1.82) is 0 Å². The fourth-order valence-electron chi connectivity index (χ4n) is 4.45. The van der Waals surface area contributed by atoms with E-state index in [0.29, 0.717) is 69.2 Å². The van der Waals surface area contributed by atoms with E-state index in [1.165, 1.54) is 12.1 Å². The summed E-state index contributed by atoms with van der Waals surface area (Å²) in [6.07, 6.45) is 2.03. The van der Waals surface area contributed by atoms with E-state index in [0.717, 1.165) is 0 Å². The molecule has 9 nitrogen and oxygen atoms in total. The second kappa shape index (κ2) is 13.0. The summed E-state index contributed by atoms with van der Waals surface area (Å²) in [4.78, 5) is 26.8. The van der Waals surface area contributed by atoms with Crippen molar-refractivity contribution < 1.29 is 32.2 Å². The van der Waals surface area contributed by atoms with Gasteiger partial charge in [0.05, 0.1) is 25.2 Å². The van der Waals surface area contributed by atoms with Crippen LogP contribution in [0.1, 0.15) is 42.5 Å². The molecule has 0 aliphatic carbocycles. The maximum absolute atomic E-state index is 13.5. The molecule has 0 aromatic heterocycles. The molecule has 37 heavy (non-hydrogen) atoms. The van der Waals surface area contributed by atoms with Gasteiger partial charge in [0.1, 0.15) is 11.5 Å². The monoisotopic (exact) mass is 532 g/mol. The van der Waals surface area contributed by atoms with Gasteiger partial charge in [-0.2, -0.15) is 0 Å². The summed E-state index contributed by atoms with van der Waals surface area (Å²) in [6, 6.07) is 13.1. The highest BCUT2D eigenvalue weighted by molar-refractivity contribution is 7.93. The van der Waals surface area contributed by atoms with Gasteiger partial charge in [-0.25, -0.2) is 8.42 Å². The van der Waals surface area contributed by atoms with Crippen LogP contribution in [-0.4, -0.2) is 76.8 Å². The highest BCUT2D eigenvalue weighted by Crippen LogP contribution is 2.36. The molecule has 1 aliphatic rings. The van der Waals surface area contributed by atoms with E-state index in [-0.39, 0.29) is 23.5 Å². The van der Waals surface area contributed by atoms with Crippen molar-refractivity contribution in [2.24, 2.45) is 5.73 Å². The average Bonchev–Trinajstić information content (AvgIpc) is 2.92. The molecule has 1 fully saturated rings. The third kappa shape index (κ3) is 6.88. The zero-order valence-corrected chi connectivity index (χ0v) is 22.3. The Morgan fingerprint density at radius 1 is 0.919 bits per heavy atom. The van der Waals surface area contributed by atoms with Gasteiger partial charge < -0.3 is 24.8 Å². The van der Waals surface area contributed by atoms with Gasteiger partial charge in [-0.05, 0) is 74.2 Å². The maximum atomic E-state index is 13.5. The van der Waals surface area contributed by atoms with E-state index in [4.69, 9.17) is 19.9 Å². The molecular formula is C27H36N2O7S. The number of ketones is 1. The fourth-order valence-corrected chi connectivity index (χ4v) is 6.38. The van der Waals surface area contributed by atoms with Gasteiger partial charge >= 0.3 is 0 Å². The van der Waals surface area contributed by atoms with Crippen LogP contribution in [0.25, 0.3) is 0 Å². The number of benzene rings is 2. The van der Waals surface area contributed by atoms with Crippen LogP contribution in [0.5, 0.6) is 11.5 Å². The lowest BCUT2D eigenvalue weighted by atomic mass is 9.95. The summed E-state index contributed by atoms with van der Waals surface area (Å²) in [5.74, 6) is 0.466. The number of methoxy groups -OCH3 is 2. The molecule has 2 aromatic rings. The molecule has 2 aromatic carbocycles. The molecule has 1 amide bonds. The first kappa shape index (κ1) is 28.6. The Kier molecular flexibility index (Phi) is 10.1. The number of primary amides is 1. The number of carbonyl (C=O) groups excluding carboxylic acids is 2. The molecule has 0 spiro atoms. The zero-order valence-electron chi connectivity index (χ0n) is 21.5. The first-order chi connectivity index (χ1) is 17.7. The standard InChI is InChI=1S/C27H36N2O7S/c1-34-20-18-29-16-14-27(15-17-29,26(28)31)37(32,33)24-12-10-23(11-13-24)36-19-4-3-5-25(30)21-6-8-22(35-2)9-7-21/h6-13H,3-5,14-20H2,1-2H3,(H2,28,31). The first-order valence-corrected chi connectivity index (χ1v) is 13.9. The number of carbonyl (C=O) groups is 2. The summed E-state index contributed by atoms with van der Waals surface area (Å²) >= 11 is 0. The second-order valence-electron chi connectivity index (χ2n) is 9.13. The molecule has 0 radical (unpaired) electrons. The summed E-state index contributed by atoms with van der Waals surface area (Å²) in [5, 5.41) is 0. The SMILES string of the molecule is COCCN1CCC(C(N)=O)(S(=O)(=O)c2ccc(OCCCCC(=O)c3ccc(OC)cc3)cc2)CC1. The van der Waals surface area contributed by atoms with E-state index in [1.807, 2.05) is 0 Å². The van der Waals surface area contributed by atoms with Crippen LogP contribution in [0.2, 0.25) is 0 Å². The predicted octanol–water partition coefficient (Wildman–Crippen LogP) is 2.87. The number of unbranched alkanes of at least 4 members (excludes halogenated alkanes) is 1. The van der Waals surface area contributed by atoms with Crippen molar-refractivity contribution in [2.45, 2.75) is 41.7 Å². The van der Waals surface area contributed by atoms with Crippen LogP contribution < -0.4 is 15.2 Å². The summed E-state index contributed by atoms with van der Waals surface area (Å²) in [6.45, 7) is 2.51. The van der Waals surface area contributed by atoms with E-state index in [9.17, 15) is 18.0 Å². The number of nitrogens with zero attached hydrogens (tertiary/aromatic N) is 1. The minimum absolute atomic E-state index is 0.0501. The first-order valence-electron chi connectivity index (χ1n) is 12.4. The summed E-state index contributed by atoms with van der Waals surface area (Å²) in [5.41, 5.74) is 6.30. The highest BCUT2D eigenvalue weighted by Gasteiger charge is 2.51. The summed E-state index contributed by atoms with van der Waals surface area (Å²) < 4.78 is 41.2. The number of amides is 1. The van der Waals surface area contributed by atoms with Crippen LogP contribution in [0.4, 0.5) is 0 Å². The van der Waals surface area contributed by atoms with Crippen LogP contribution in [0.15, 0.2) is 53.4 Å². The van der Waals surface area contributed by atoms with Crippen molar-refractivity contribution in [2.75, 3.05) is 47.1 Å². The Hall–Kier alpha value is -2.95. The van der Waals surface area contributed by atoms with Crippen molar-refractivity contribution in [3.05, 3.63) is 54.1 Å². The fraction of sp³-hybridized carbons (Fsp3) is 0.481. The molecule has 1 saturated heterocycles. The molecule has 10 heteroatoms. The van der Waals surface area contributed by atoms with Gasteiger partial charge in [0.25, 0.3) is 0 Å². The minimum atomic E-state index is -3.99. The molecule has 3 rings (SSSR count). The van der Waals surface area contributed by atoms with Crippen molar-refractivity contribution in [3.63, 3.8) is 0 Å². The molecule has 0 unspecified atom stereocenters. The predicted molar refractivity (Wildman–Crippen MR) is 140 cm³/mol.